The fourth-order valence-corrected chi connectivity index (χ4v) is 0.527. The van der Waals surface area contributed by atoms with Gasteiger partial charge in [0.25, 0.3) is 0 Å². The molecule has 1 atom stereocenters. The average molecular weight is 173 g/mol. The smallest absolute Gasteiger partial charge is 0.369 e. The van der Waals surface area contributed by atoms with Gasteiger partial charge in [-0.3, -0.25) is 4.79 Å². The van der Waals surface area contributed by atoms with Crippen LogP contribution >= 0.6 is 12.6 Å². The molecule has 0 heterocycles. The molecule has 0 radical (unpaired) electrons. The molecule has 0 aliphatic rings. The van der Waals surface area contributed by atoms with E-state index >= 15 is 0 Å². The number of carbonyl (C=O) groups excluding carboxylic acids is 1. The van der Waals surface area contributed by atoms with Crippen molar-refractivity contribution in [3.8, 4) is 0 Å². The molecule has 2 N–H and O–H groups in total. The summed E-state index contributed by atoms with van der Waals surface area (Å²) in [7, 11) is 0. The van der Waals surface area contributed by atoms with E-state index in [2.05, 4.69) is 18.4 Å². The van der Waals surface area contributed by atoms with Crippen LogP contribution in [0.15, 0.2) is 0 Å². The van der Waals surface area contributed by atoms with Crippen molar-refractivity contribution in [2.75, 3.05) is 0 Å². The first-order valence-corrected chi connectivity index (χ1v) is 2.88. The van der Waals surface area contributed by atoms with E-state index in [1.165, 1.54) is 0 Å². The highest BCUT2D eigenvalue weighted by Gasteiger charge is 2.32. The Morgan fingerprint density at radius 3 is 2.10 bits per heavy atom. The number of hydrogen-bond donors (Lipinski definition) is 2. The second kappa shape index (κ2) is 3.14. The fourth-order valence-electron chi connectivity index (χ4n) is 0.320. The maximum Gasteiger partial charge on any atom is 0.390 e. The molecule has 0 fully saturated rings. The number of hydrogen-bond acceptors (Lipinski definition) is 2. The summed E-state index contributed by atoms with van der Waals surface area (Å²) in [4.78, 5) is 10.0. The van der Waals surface area contributed by atoms with E-state index in [-0.39, 0.29) is 0 Å². The molecule has 0 aromatic rings. The fraction of sp³-hybridized carbons (Fsp3) is 0.750. The van der Waals surface area contributed by atoms with Crippen molar-refractivity contribution < 1.29 is 18.0 Å². The third kappa shape index (κ3) is 4.49. The van der Waals surface area contributed by atoms with Crippen molar-refractivity contribution in [3.63, 3.8) is 0 Å². The van der Waals surface area contributed by atoms with Crippen molar-refractivity contribution in [1.82, 2.24) is 0 Å². The molecule has 1 unspecified atom stereocenters. The highest BCUT2D eigenvalue weighted by Crippen LogP contribution is 2.23. The Labute approximate surface area is 61.0 Å². The number of nitrogens with two attached hydrogens (primary N) is 1. The standard InChI is InChI=1S/C4H6F3NOS/c5-4(6,7)1-2(10)3(8)9/h2,10H,1H2,(H2,8,9). The highest BCUT2D eigenvalue weighted by molar-refractivity contribution is 7.81. The summed E-state index contributed by atoms with van der Waals surface area (Å²) >= 11 is 3.32. The van der Waals surface area contributed by atoms with Crippen LogP contribution in [-0.4, -0.2) is 17.3 Å². The normalized spacial score (nSPS) is 14.8. The molecule has 1 amide bonds. The summed E-state index contributed by atoms with van der Waals surface area (Å²) < 4.78 is 34.2. The van der Waals surface area contributed by atoms with Crippen molar-refractivity contribution in [1.29, 1.82) is 0 Å². The molecule has 0 aliphatic carbocycles. The molecule has 2 nitrogen and oxygen atoms in total. The minimum Gasteiger partial charge on any atom is -0.369 e. The van der Waals surface area contributed by atoms with Gasteiger partial charge in [0.05, 0.1) is 11.7 Å². The monoisotopic (exact) mass is 173 g/mol. The molecule has 6 heteroatoms. The molecular weight excluding hydrogens is 167 g/mol. The van der Waals surface area contributed by atoms with E-state index in [9.17, 15) is 18.0 Å². The minimum atomic E-state index is -4.37. The number of thiol groups is 1. The first kappa shape index (κ1) is 9.61. The predicted molar refractivity (Wildman–Crippen MR) is 32.6 cm³/mol. The summed E-state index contributed by atoms with van der Waals surface area (Å²) in [5.74, 6) is -1.05. The first-order chi connectivity index (χ1) is 4.33. The van der Waals surface area contributed by atoms with Crippen LogP contribution in [0.2, 0.25) is 0 Å². The van der Waals surface area contributed by atoms with Crippen LogP contribution < -0.4 is 5.73 Å². The number of carbonyl (C=O) groups is 1. The lowest BCUT2D eigenvalue weighted by atomic mass is 10.3. The third-order valence-electron chi connectivity index (χ3n) is 0.753. The highest BCUT2D eigenvalue weighted by atomic mass is 32.1. The van der Waals surface area contributed by atoms with Crippen LogP contribution in [0, 0.1) is 0 Å². The molecule has 60 valence electrons. The number of primary amides is 1. The zero-order valence-corrected chi connectivity index (χ0v) is 5.75. The van der Waals surface area contributed by atoms with Gasteiger partial charge in [0.1, 0.15) is 0 Å². The van der Waals surface area contributed by atoms with Crippen molar-refractivity contribution >= 4 is 18.5 Å². The largest absolute Gasteiger partial charge is 0.390 e. The second-order valence-corrected chi connectivity index (χ2v) is 2.36. The molecular formula is C4H6F3NOS. The average Bonchev–Trinajstić information content (AvgIpc) is 1.60. The molecule has 0 aromatic carbocycles. The number of amides is 1. The van der Waals surface area contributed by atoms with Crippen LogP contribution in [0.25, 0.3) is 0 Å². The van der Waals surface area contributed by atoms with Crippen molar-refractivity contribution in [3.05, 3.63) is 0 Å². The van der Waals surface area contributed by atoms with E-state index in [0.717, 1.165) is 0 Å². The molecule has 0 saturated heterocycles. The van der Waals surface area contributed by atoms with Crippen LogP contribution in [0.3, 0.4) is 0 Å². The summed E-state index contributed by atoms with van der Waals surface area (Å²) in [5, 5.41) is -1.43. The van der Waals surface area contributed by atoms with Crippen LogP contribution in [-0.2, 0) is 4.79 Å². The number of halogens is 3. The quantitative estimate of drug-likeness (QED) is 0.594. The molecule has 0 aromatic heterocycles. The molecule has 0 aliphatic heterocycles. The Kier molecular flexibility index (Phi) is 3.01. The zero-order valence-electron chi connectivity index (χ0n) is 4.85. The van der Waals surface area contributed by atoms with Gasteiger partial charge in [-0.25, -0.2) is 0 Å². The first-order valence-electron chi connectivity index (χ1n) is 2.37. The number of rotatable bonds is 2. The minimum absolute atomic E-state index is 1.05. The molecule has 10 heavy (non-hydrogen) atoms. The SMILES string of the molecule is NC(=O)C(S)CC(F)(F)F. The van der Waals surface area contributed by atoms with Crippen molar-refractivity contribution in [2.24, 2.45) is 5.73 Å². The summed E-state index contributed by atoms with van der Waals surface area (Å²) in [5.41, 5.74) is 4.53. The summed E-state index contributed by atoms with van der Waals surface area (Å²) in [6.45, 7) is 0. The Bertz CT molecular complexity index is 135. The van der Waals surface area contributed by atoms with Gasteiger partial charge < -0.3 is 5.73 Å². The molecule has 0 spiro atoms. The van der Waals surface area contributed by atoms with Gasteiger partial charge in [-0.15, -0.1) is 0 Å². The topological polar surface area (TPSA) is 43.1 Å². The Morgan fingerprint density at radius 1 is 1.60 bits per heavy atom. The lowest BCUT2D eigenvalue weighted by Gasteiger charge is -2.08. The van der Waals surface area contributed by atoms with E-state index in [0.29, 0.717) is 0 Å². The maximum atomic E-state index is 11.4. The lowest BCUT2D eigenvalue weighted by Crippen LogP contribution is -2.28. The van der Waals surface area contributed by atoms with Gasteiger partial charge in [-0.2, -0.15) is 25.8 Å². The van der Waals surface area contributed by atoms with Gasteiger partial charge >= 0.3 is 6.18 Å². The molecule has 0 bridgehead atoms. The van der Waals surface area contributed by atoms with Crippen LogP contribution in [0.5, 0.6) is 0 Å². The maximum absolute atomic E-state index is 11.4. The van der Waals surface area contributed by atoms with E-state index in [1.807, 2.05) is 0 Å². The van der Waals surface area contributed by atoms with Gasteiger partial charge in [0.2, 0.25) is 5.91 Å². The Balaban J connectivity index is 3.80. The molecule has 0 rings (SSSR count). The number of alkyl halides is 3. The second-order valence-electron chi connectivity index (χ2n) is 1.74. The van der Waals surface area contributed by atoms with E-state index in [1.54, 1.807) is 0 Å². The van der Waals surface area contributed by atoms with Crippen LogP contribution in [0.4, 0.5) is 13.2 Å². The van der Waals surface area contributed by atoms with E-state index < -0.39 is 23.8 Å². The van der Waals surface area contributed by atoms with E-state index in [4.69, 9.17) is 0 Å². The third-order valence-corrected chi connectivity index (χ3v) is 1.19. The summed E-state index contributed by atoms with van der Waals surface area (Å²) in [6, 6.07) is 0. The Morgan fingerprint density at radius 2 is 2.00 bits per heavy atom. The van der Waals surface area contributed by atoms with Gasteiger partial charge in [0.15, 0.2) is 0 Å². The summed E-state index contributed by atoms with van der Waals surface area (Å²) in [6.07, 6.45) is -5.65. The molecule has 0 saturated carbocycles. The zero-order chi connectivity index (χ0) is 8.36. The Hall–Kier alpha value is -0.390. The van der Waals surface area contributed by atoms with Crippen molar-refractivity contribution in [2.45, 2.75) is 17.8 Å². The van der Waals surface area contributed by atoms with Gasteiger partial charge in [-0.05, 0) is 0 Å². The van der Waals surface area contributed by atoms with Crippen LogP contribution in [0.1, 0.15) is 6.42 Å². The lowest BCUT2D eigenvalue weighted by molar-refractivity contribution is -0.141. The van der Waals surface area contributed by atoms with Gasteiger partial charge in [0, 0.05) is 0 Å². The predicted octanol–water partition coefficient (Wildman–Crippen LogP) is 0.722. The van der Waals surface area contributed by atoms with Gasteiger partial charge in [-0.1, -0.05) is 0 Å².